The second-order valence-electron chi connectivity index (χ2n) is 4.65. The number of aryl methyl sites for hydroxylation is 1. The van der Waals surface area contributed by atoms with E-state index in [4.69, 9.17) is 5.73 Å². The molecule has 1 aromatic carbocycles. The van der Waals surface area contributed by atoms with Crippen molar-refractivity contribution in [2.75, 3.05) is 0 Å². The lowest BCUT2D eigenvalue weighted by Gasteiger charge is -2.07. The molecule has 2 N–H and O–H groups in total. The number of hydrogen-bond donors (Lipinski definition) is 1. The minimum Gasteiger partial charge on any atom is -0.366 e. The molecule has 0 bridgehead atoms. The third-order valence-corrected chi connectivity index (χ3v) is 3.16. The van der Waals surface area contributed by atoms with Gasteiger partial charge in [-0.1, -0.05) is 17.7 Å². The Labute approximate surface area is 116 Å². The van der Waals surface area contributed by atoms with Gasteiger partial charge in [-0.2, -0.15) is 0 Å². The summed E-state index contributed by atoms with van der Waals surface area (Å²) in [7, 11) is 0. The van der Waals surface area contributed by atoms with Crippen molar-refractivity contribution >= 4 is 16.8 Å². The quantitative estimate of drug-likeness (QED) is 0.772. The van der Waals surface area contributed by atoms with E-state index >= 15 is 0 Å². The fourth-order valence-corrected chi connectivity index (χ4v) is 2.19. The lowest BCUT2D eigenvalue weighted by Crippen LogP contribution is -2.12. The summed E-state index contributed by atoms with van der Waals surface area (Å²) in [5.41, 5.74) is 9.14. The van der Waals surface area contributed by atoms with Crippen molar-refractivity contribution in [1.29, 1.82) is 0 Å². The minimum atomic E-state index is -0.458. The Hall–Kier alpha value is -2.75. The standard InChI is InChI=1S/C16H13N3O/c1-10-5-6-13-11(8-10)12(16(17)20)9-15(19-13)14-4-2-3-7-18-14/h2-9H,1H3,(H2,17,20). The molecule has 0 aliphatic rings. The number of hydrogen-bond acceptors (Lipinski definition) is 3. The molecule has 1 amide bonds. The third kappa shape index (κ3) is 2.12. The van der Waals surface area contributed by atoms with Gasteiger partial charge < -0.3 is 5.73 Å². The molecule has 4 nitrogen and oxygen atoms in total. The van der Waals surface area contributed by atoms with Gasteiger partial charge in [-0.25, -0.2) is 4.98 Å². The molecule has 0 aliphatic heterocycles. The van der Waals surface area contributed by atoms with Crippen molar-refractivity contribution in [3.05, 3.63) is 59.8 Å². The fourth-order valence-electron chi connectivity index (χ4n) is 2.19. The van der Waals surface area contributed by atoms with Gasteiger partial charge in [0.25, 0.3) is 0 Å². The SMILES string of the molecule is Cc1ccc2nc(-c3ccccn3)cc(C(N)=O)c2c1. The predicted octanol–water partition coefficient (Wildman–Crippen LogP) is 2.70. The van der Waals surface area contributed by atoms with Gasteiger partial charge in [0.1, 0.15) is 0 Å². The van der Waals surface area contributed by atoms with Crippen molar-refractivity contribution in [2.45, 2.75) is 6.92 Å². The number of carbonyl (C=O) groups is 1. The van der Waals surface area contributed by atoms with Crippen LogP contribution in [0.1, 0.15) is 15.9 Å². The molecule has 0 radical (unpaired) electrons. The average molecular weight is 263 g/mol. The van der Waals surface area contributed by atoms with Crippen molar-refractivity contribution < 1.29 is 4.79 Å². The van der Waals surface area contributed by atoms with Crippen LogP contribution in [0.15, 0.2) is 48.7 Å². The Morgan fingerprint density at radius 3 is 2.65 bits per heavy atom. The molecule has 0 fully saturated rings. The van der Waals surface area contributed by atoms with Gasteiger partial charge in [0.2, 0.25) is 5.91 Å². The Morgan fingerprint density at radius 1 is 1.10 bits per heavy atom. The summed E-state index contributed by atoms with van der Waals surface area (Å²) in [5, 5.41) is 0.775. The number of pyridine rings is 2. The van der Waals surface area contributed by atoms with E-state index in [0.29, 0.717) is 11.3 Å². The highest BCUT2D eigenvalue weighted by molar-refractivity contribution is 6.06. The van der Waals surface area contributed by atoms with E-state index in [-0.39, 0.29) is 0 Å². The van der Waals surface area contributed by atoms with Crippen LogP contribution in [-0.2, 0) is 0 Å². The van der Waals surface area contributed by atoms with Crippen molar-refractivity contribution in [1.82, 2.24) is 9.97 Å². The normalized spacial score (nSPS) is 10.7. The molecule has 2 aromatic heterocycles. The van der Waals surface area contributed by atoms with Gasteiger partial charge in [-0.3, -0.25) is 9.78 Å². The average Bonchev–Trinajstić information content (AvgIpc) is 2.47. The number of benzene rings is 1. The molecular formula is C16H13N3O. The molecule has 0 saturated heterocycles. The van der Waals surface area contributed by atoms with Crippen LogP contribution >= 0.6 is 0 Å². The molecular weight excluding hydrogens is 250 g/mol. The Bertz CT molecular complexity index is 797. The van der Waals surface area contributed by atoms with Gasteiger partial charge in [-0.15, -0.1) is 0 Å². The molecule has 0 atom stereocenters. The first-order valence-electron chi connectivity index (χ1n) is 6.28. The maximum atomic E-state index is 11.7. The predicted molar refractivity (Wildman–Crippen MR) is 78.2 cm³/mol. The summed E-state index contributed by atoms with van der Waals surface area (Å²) in [6, 6.07) is 13.0. The van der Waals surface area contributed by atoms with Crippen molar-refractivity contribution in [3.8, 4) is 11.4 Å². The van der Waals surface area contributed by atoms with Crippen LogP contribution in [0.3, 0.4) is 0 Å². The van der Waals surface area contributed by atoms with Crippen LogP contribution in [-0.4, -0.2) is 15.9 Å². The lowest BCUT2D eigenvalue weighted by atomic mass is 10.0. The number of carbonyl (C=O) groups excluding carboxylic acids is 1. The van der Waals surface area contributed by atoms with Gasteiger partial charge >= 0.3 is 0 Å². The fraction of sp³-hybridized carbons (Fsp3) is 0.0625. The van der Waals surface area contributed by atoms with E-state index in [1.54, 1.807) is 12.3 Å². The van der Waals surface area contributed by atoms with Crippen LogP contribution in [0.4, 0.5) is 0 Å². The van der Waals surface area contributed by atoms with E-state index in [2.05, 4.69) is 9.97 Å². The highest BCUT2D eigenvalue weighted by atomic mass is 16.1. The number of fused-ring (bicyclic) bond motifs is 1. The smallest absolute Gasteiger partial charge is 0.249 e. The number of primary amides is 1. The van der Waals surface area contributed by atoms with Gasteiger partial charge in [0, 0.05) is 11.6 Å². The van der Waals surface area contributed by atoms with E-state index in [1.165, 1.54) is 0 Å². The number of aromatic nitrogens is 2. The summed E-state index contributed by atoms with van der Waals surface area (Å²) in [6.45, 7) is 1.97. The lowest BCUT2D eigenvalue weighted by molar-refractivity contribution is 0.100. The Kier molecular flexibility index (Phi) is 2.91. The zero-order valence-electron chi connectivity index (χ0n) is 11.0. The monoisotopic (exact) mass is 263 g/mol. The topological polar surface area (TPSA) is 68.9 Å². The molecule has 0 saturated carbocycles. The summed E-state index contributed by atoms with van der Waals surface area (Å²) < 4.78 is 0. The molecule has 3 aromatic rings. The molecule has 3 rings (SSSR count). The molecule has 0 spiro atoms. The van der Waals surface area contributed by atoms with Gasteiger partial charge in [-0.05, 0) is 37.3 Å². The van der Waals surface area contributed by atoms with Crippen LogP contribution < -0.4 is 5.73 Å². The first-order valence-corrected chi connectivity index (χ1v) is 6.28. The number of nitrogens with zero attached hydrogens (tertiary/aromatic N) is 2. The maximum absolute atomic E-state index is 11.7. The van der Waals surface area contributed by atoms with Crippen LogP contribution in [0, 0.1) is 6.92 Å². The number of rotatable bonds is 2. The van der Waals surface area contributed by atoms with Crippen LogP contribution in [0.25, 0.3) is 22.3 Å². The molecule has 0 aliphatic carbocycles. The second-order valence-corrected chi connectivity index (χ2v) is 4.65. The molecule has 0 unspecified atom stereocenters. The number of amides is 1. The van der Waals surface area contributed by atoms with E-state index in [0.717, 1.165) is 22.2 Å². The maximum Gasteiger partial charge on any atom is 0.249 e. The molecule has 4 heteroatoms. The molecule has 2 heterocycles. The first-order chi connectivity index (χ1) is 9.65. The van der Waals surface area contributed by atoms with E-state index < -0.39 is 5.91 Å². The highest BCUT2D eigenvalue weighted by Crippen LogP contribution is 2.24. The summed E-state index contributed by atoms with van der Waals surface area (Å²) in [5.74, 6) is -0.458. The molecule has 98 valence electrons. The third-order valence-electron chi connectivity index (χ3n) is 3.16. The van der Waals surface area contributed by atoms with Crippen molar-refractivity contribution in [2.24, 2.45) is 5.73 Å². The van der Waals surface area contributed by atoms with Crippen LogP contribution in [0.5, 0.6) is 0 Å². The zero-order valence-corrected chi connectivity index (χ0v) is 11.0. The Balaban J connectivity index is 2.32. The summed E-state index contributed by atoms with van der Waals surface area (Å²) in [4.78, 5) is 20.5. The second kappa shape index (κ2) is 4.74. The van der Waals surface area contributed by atoms with Crippen LogP contribution in [0.2, 0.25) is 0 Å². The summed E-state index contributed by atoms with van der Waals surface area (Å²) in [6.07, 6.45) is 1.69. The van der Waals surface area contributed by atoms with E-state index in [1.807, 2.05) is 43.3 Å². The minimum absolute atomic E-state index is 0.458. The highest BCUT2D eigenvalue weighted by Gasteiger charge is 2.12. The first kappa shape index (κ1) is 12.3. The Morgan fingerprint density at radius 2 is 1.95 bits per heavy atom. The van der Waals surface area contributed by atoms with Gasteiger partial charge in [0.15, 0.2) is 0 Å². The largest absolute Gasteiger partial charge is 0.366 e. The molecule has 20 heavy (non-hydrogen) atoms. The van der Waals surface area contributed by atoms with E-state index in [9.17, 15) is 4.79 Å². The summed E-state index contributed by atoms with van der Waals surface area (Å²) >= 11 is 0. The van der Waals surface area contributed by atoms with Crippen molar-refractivity contribution in [3.63, 3.8) is 0 Å². The zero-order chi connectivity index (χ0) is 14.1. The number of nitrogens with two attached hydrogens (primary N) is 1. The van der Waals surface area contributed by atoms with Gasteiger partial charge in [0.05, 0.1) is 22.5 Å².